The van der Waals surface area contributed by atoms with Crippen molar-refractivity contribution in [3.05, 3.63) is 0 Å². The minimum Gasteiger partial charge on any atom is -0.400 e. The molecule has 2 amide bonds. The smallest absolute Gasteiger partial charge is 0.315 e. The van der Waals surface area contributed by atoms with E-state index in [1.165, 1.54) is 7.05 Å². The van der Waals surface area contributed by atoms with Gasteiger partial charge in [-0.3, -0.25) is 4.55 Å². The molecule has 7 nitrogen and oxygen atoms in total. The van der Waals surface area contributed by atoms with Gasteiger partial charge in [0.1, 0.15) is 0 Å². The van der Waals surface area contributed by atoms with Crippen molar-refractivity contribution in [2.45, 2.75) is 25.1 Å². The van der Waals surface area contributed by atoms with E-state index in [9.17, 15) is 13.2 Å². The van der Waals surface area contributed by atoms with Gasteiger partial charge in [0.05, 0.1) is 0 Å². The van der Waals surface area contributed by atoms with Crippen molar-refractivity contribution >= 4 is 16.1 Å². The van der Waals surface area contributed by atoms with Crippen LogP contribution in [0.5, 0.6) is 0 Å². The standard InChI is InChI=1S/C6H14N2O4S.CH4O/c1-3-4-5(13(10,11)12)8(2)6(7)9;1-2/h5H,3-4H2,1-2H3,(H2,7,9)(H,10,11,12);2H,1H3. The molecule has 0 saturated heterocycles. The summed E-state index contributed by atoms with van der Waals surface area (Å²) in [4.78, 5) is 11.4. The molecule has 1 unspecified atom stereocenters. The molecule has 0 aliphatic heterocycles. The number of carbonyl (C=O) groups excluding carboxylic acids is 1. The number of aliphatic hydroxyl groups excluding tert-OH is 1. The Balaban J connectivity index is 0. The fourth-order valence-electron chi connectivity index (χ4n) is 0.931. The van der Waals surface area contributed by atoms with Gasteiger partial charge in [-0.2, -0.15) is 8.42 Å². The van der Waals surface area contributed by atoms with E-state index in [-0.39, 0.29) is 6.42 Å². The van der Waals surface area contributed by atoms with Crippen molar-refractivity contribution in [2.75, 3.05) is 14.2 Å². The minimum atomic E-state index is -4.25. The first-order chi connectivity index (χ1) is 6.80. The summed E-state index contributed by atoms with van der Waals surface area (Å²) >= 11 is 0. The van der Waals surface area contributed by atoms with Crippen LogP contribution in [0.4, 0.5) is 4.79 Å². The summed E-state index contributed by atoms with van der Waals surface area (Å²) in [5.41, 5.74) is 4.88. The topological polar surface area (TPSA) is 121 Å². The largest absolute Gasteiger partial charge is 0.400 e. The van der Waals surface area contributed by atoms with Gasteiger partial charge in [0.2, 0.25) is 0 Å². The zero-order valence-corrected chi connectivity index (χ0v) is 9.86. The van der Waals surface area contributed by atoms with Crippen molar-refractivity contribution in [2.24, 2.45) is 5.73 Å². The second-order valence-corrected chi connectivity index (χ2v) is 4.28. The molecular weight excluding hydrogens is 224 g/mol. The zero-order chi connectivity index (χ0) is 12.6. The summed E-state index contributed by atoms with van der Waals surface area (Å²) in [5, 5.41) is 5.76. The van der Waals surface area contributed by atoms with Gasteiger partial charge in [-0.05, 0) is 6.42 Å². The predicted molar refractivity (Wildman–Crippen MR) is 55.7 cm³/mol. The van der Waals surface area contributed by atoms with Crippen molar-refractivity contribution < 1.29 is 22.9 Å². The molecule has 15 heavy (non-hydrogen) atoms. The summed E-state index contributed by atoms with van der Waals surface area (Å²) < 4.78 is 30.3. The first-order valence-electron chi connectivity index (χ1n) is 4.24. The summed E-state index contributed by atoms with van der Waals surface area (Å²) in [5.74, 6) is 0. The number of carbonyl (C=O) groups is 1. The molecule has 0 aromatic carbocycles. The molecule has 0 saturated carbocycles. The normalized spacial score (nSPS) is 12.3. The molecule has 0 spiro atoms. The van der Waals surface area contributed by atoms with Crippen LogP contribution in [0, 0.1) is 0 Å². The summed E-state index contributed by atoms with van der Waals surface area (Å²) in [6.45, 7) is 1.74. The fourth-order valence-corrected chi connectivity index (χ4v) is 1.97. The molecule has 0 rings (SSSR count). The van der Waals surface area contributed by atoms with E-state index >= 15 is 0 Å². The van der Waals surface area contributed by atoms with E-state index in [0.29, 0.717) is 6.42 Å². The quantitative estimate of drug-likeness (QED) is 0.580. The highest BCUT2D eigenvalue weighted by molar-refractivity contribution is 7.86. The Morgan fingerprint density at radius 2 is 1.87 bits per heavy atom. The van der Waals surface area contributed by atoms with Gasteiger partial charge in [-0.1, -0.05) is 13.3 Å². The third-order valence-corrected chi connectivity index (χ3v) is 2.90. The second kappa shape index (κ2) is 7.43. The van der Waals surface area contributed by atoms with Gasteiger partial charge >= 0.3 is 6.03 Å². The van der Waals surface area contributed by atoms with E-state index in [4.69, 9.17) is 15.4 Å². The maximum atomic E-state index is 10.8. The minimum absolute atomic E-state index is 0.165. The third kappa shape index (κ3) is 6.26. The Morgan fingerprint density at radius 1 is 1.47 bits per heavy atom. The molecule has 0 fully saturated rings. The van der Waals surface area contributed by atoms with Gasteiger partial charge in [0, 0.05) is 14.2 Å². The lowest BCUT2D eigenvalue weighted by atomic mass is 10.3. The van der Waals surface area contributed by atoms with Crippen molar-refractivity contribution in [3.63, 3.8) is 0 Å². The van der Waals surface area contributed by atoms with Crippen LogP contribution >= 0.6 is 0 Å². The van der Waals surface area contributed by atoms with Crippen LogP contribution in [0.15, 0.2) is 0 Å². The number of nitrogens with zero attached hydrogens (tertiary/aromatic N) is 1. The molecule has 4 N–H and O–H groups in total. The maximum absolute atomic E-state index is 10.8. The van der Waals surface area contributed by atoms with E-state index in [1.807, 2.05) is 0 Å². The lowest BCUT2D eigenvalue weighted by Gasteiger charge is -2.23. The molecule has 8 heteroatoms. The molecule has 0 heterocycles. The van der Waals surface area contributed by atoms with E-state index in [1.54, 1.807) is 6.92 Å². The number of rotatable bonds is 4. The fraction of sp³-hybridized carbons (Fsp3) is 0.857. The van der Waals surface area contributed by atoms with Crippen LogP contribution in [0.1, 0.15) is 19.8 Å². The highest BCUT2D eigenvalue weighted by Gasteiger charge is 2.28. The van der Waals surface area contributed by atoms with Gasteiger partial charge in [0.15, 0.2) is 5.37 Å². The van der Waals surface area contributed by atoms with Crippen LogP contribution in [0.25, 0.3) is 0 Å². The third-order valence-electron chi connectivity index (χ3n) is 1.66. The van der Waals surface area contributed by atoms with Crippen LogP contribution in [0.3, 0.4) is 0 Å². The summed E-state index contributed by atoms with van der Waals surface area (Å²) in [6, 6.07) is -0.879. The van der Waals surface area contributed by atoms with Gasteiger partial charge < -0.3 is 15.7 Å². The molecule has 1 atom stereocenters. The first kappa shape index (κ1) is 16.6. The molecular formula is C7H18N2O5S. The number of primary amides is 1. The maximum Gasteiger partial charge on any atom is 0.315 e. The van der Waals surface area contributed by atoms with E-state index < -0.39 is 21.5 Å². The monoisotopic (exact) mass is 242 g/mol. The summed E-state index contributed by atoms with van der Waals surface area (Å²) in [7, 11) is -2.01. The lowest BCUT2D eigenvalue weighted by molar-refractivity contribution is 0.208. The molecule has 0 aromatic heterocycles. The number of hydrogen-bond acceptors (Lipinski definition) is 4. The Kier molecular flexibility index (Phi) is 8.21. The Hall–Kier alpha value is -0.860. The summed E-state index contributed by atoms with van der Waals surface area (Å²) in [6.07, 6.45) is 0.695. The van der Waals surface area contributed by atoms with Crippen LogP contribution in [-0.4, -0.2) is 48.5 Å². The van der Waals surface area contributed by atoms with Gasteiger partial charge in [-0.15, -0.1) is 0 Å². The Morgan fingerprint density at radius 3 is 2.07 bits per heavy atom. The van der Waals surface area contributed by atoms with Crippen molar-refractivity contribution in [1.29, 1.82) is 0 Å². The predicted octanol–water partition coefficient (Wildman–Crippen LogP) is -0.381. The number of urea groups is 1. The number of hydrogen-bond donors (Lipinski definition) is 3. The van der Waals surface area contributed by atoms with E-state index in [2.05, 4.69) is 0 Å². The number of nitrogens with two attached hydrogens (primary N) is 1. The molecule has 92 valence electrons. The molecule has 0 aliphatic carbocycles. The molecule has 0 bridgehead atoms. The van der Waals surface area contributed by atoms with Crippen LogP contribution in [0.2, 0.25) is 0 Å². The molecule has 0 aliphatic rings. The highest BCUT2D eigenvalue weighted by Crippen LogP contribution is 2.10. The average molecular weight is 242 g/mol. The lowest BCUT2D eigenvalue weighted by Crippen LogP contribution is -2.44. The van der Waals surface area contributed by atoms with Crippen LogP contribution < -0.4 is 5.73 Å². The number of amides is 2. The van der Waals surface area contributed by atoms with Gasteiger partial charge in [0.25, 0.3) is 10.1 Å². The SMILES string of the molecule is CCCC(N(C)C(N)=O)S(=O)(=O)O.CO. The van der Waals surface area contributed by atoms with Gasteiger partial charge in [-0.25, -0.2) is 4.79 Å². The second-order valence-electron chi connectivity index (χ2n) is 2.71. The molecule has 0 aromatic rings. The average Bonchev–Trinajstić information content (AvgIpc) is 2.14. The van der Waals surface area contributed by atoms with Crippen molar-refractivity contribution in [1.82, 2.24) is 4.90 Å². The number of aliphatic hydroxyl groups is 1. The van der Waals surface area contributed by atoms with E-state index in [0.717, 1.165) is 12.0 Å². The highest BCUT2D eigenvalue weighted by atomic mass is 32.2. The zero-order valence-electron chi connectivity index (χ0n) is 9.04. The Bertz CT molecular complexity index is 277. The Labute approximate surface area is 89.6 Å². The first-order valence-corrected chi connectivity index (χ1v) is 5.74. The van der Waals surface area contributed by atoms with Crippen LogP contribution in [-0.2, 0) is 10.1 Å². The van der Waals surface area contributed by atoms with Crippen molar-refractivity contribution in [3.8, 4) is 0 Å². The molecule has 0 radical (unpaired) electrons.